The predicted molar refractivity (Wildman–Crippen MR) is 161 cm³/mol. The summed E-state index contributed by atoms with van der Waals surface area (Å²) >= 11 is 0. The molecule has 3 aromatic carbocycles. The van der Waals surface area contributed by atoms with E-state index in [2.05, 4.69) is 44.8 Å². The van der Waals surface area contributed by atoms with Crippen LogP contribution in [0.15, 0.2) is 85.1 Å². The van der Waals surface area contributed by atoms with Crippen molar-refractivity contribution >= 4 is 28.5 Å². The standard InChI is InChI=1S/C33H39N5O2/c1-23(29-21-34-30-15-8-7-14-28(29)30)31(32(39)35-27-13-9-10-24(20-27)22-37(2)3)36-33(40)38-18-16-26(17-19-38)25-11-5-4-6-12-25/h4-15,20-21,23,26,31,34H,16-19,22H2,1-3H3,(H,35,39)(H,36,40)/t23-,31+/m0/s1. The predicted octanol–water partition coefficient (Wildman–Crippen LogP) is 5.93. The molecule has 1 saturated heterocycles. The number of aromatic amines is 1. The minimum absolute atomic E-state index is 0.195. The fourth-order valence-electron chi connectivity index (χ4n) is 5.77. The number of carbonyl (C=O) groups excluding carboxylic acids is 2. The highest BCUT2D eigenvalue weighted by molar-refractivity contribution is 5.98. The van der Waals surface area contributed by atoms with Crippen LogP contribution in [0.2, 0.25) is 0 Å². The first kappa shape index (κ1) is 27.5. The summed E-state index contributed by atoms with van der Waals surface area (Å²) in [7, 11) is 4.03. The fraction of sp³-hybridized carbons (Fsp3) is 0.333. The molecule has 5 rings (SSSR count). The maximum atomic E-state index is 13.8. The van der Waals surface area contributed by atoms with Crippen LogP contribution in [0.5, 0.6) is 0 Å². The Labute approximate surface area is 236 Å². The normalized spacial score (nSPS) is 15.7. The molecule has 0 bridgehead atoms. The molecule has 208 valence electrons. The molecule has 7 nitrogen and oxygen atoms in total. The molecule has 3 N–H and O–H groups in total. The molecule has 1 fully saturated rings. The van der Waals surface area contributed by atoms with E-state index in [0.717, 1.165) is 47.1 Å². The summed E-state index contributed by atoms with van der Waals surface area (Å²) in [6.07, 6.45) is 3.76. The van der Waals surface area contributed by atoms with Crippen molar-refractivity contribution in [1.82, 2.24) is 20.1 Å². The average Bonchev–Trinajstić information content (AvgIpc) is 3.40. The van der Waals surface area contributed by atoms with Gasteiger partial charge in [-0.1, -0.05) is 67.6 Å². The third-order valence-corrected chi connectivity index (χ3v) is 7.92. The van der Waals surface area contributed by atoms with E-state index < -0.39 is 6.04 Å². The zero-order valence-electron chi connectivity index (χ0n) is 23.6. The van der Waals surface area contributed by atoms with Gasteiger partial charge in [-0.2, -0.15) is 0 Å². The minimum Gasteiger partial charge on any atom is -0.361 e. The number of fused-ring (bicyclic) bond motifs is 1. The number of rotatable bonds is 8. The number of likely N-dealkylation sites (tertiary alicyclic amines) is 1. The summed E-state index contributed by atoms with van der Waals surface area (Å²) in [4.78, 5) is 34.6. The molecule has 4 aromatic rings. The number of aromatic nitrogens is 1. The average molecular weight is 538 g/mol. The lowest BCUT2D eigenvalue weighted by atomic mass is 9.89. The van der Waals surface area contributed by atoms with Gasteiger partial charge in [-0.25, -0.2) is 4.79 Å². The van der Waals surface area contributed by atoms with Crippen LogP contribution in [0.4, 0.5) is 10.5 Å². The second-order valence-corrected chi connectivity index (χ2v) is 11.1. The van der Waals surface area contributed by atoms with Gasteiger partial charge in [-0.15, -0.1) is 0 Å². The highest BCUT2D eigenvalue weighted by Gasteiger charge is 2.32. The van der Waals surface area contributed by atoms with Gasteiger partial charge in [0.05, 0.1) is 0 Å². The molecule has 0 unspecified atom stereocenters. The minimum atomic E-state index is -0.754. The van der Waals surface area contributed by atoms with Gasteiger partial charge in [0.15, 0.2) is 0 Å². The summed E-state index contributed by atoms with van der Waals surface area (Å²) in [6.45, 7) is 4.10. The van der Waals surface area contributed by atoms with E-state index >= 15 is 0 Å². The summed E-state index contributed by atoms with van der Waals surface area (Å²) in [5.41, 5.74) is 5.16. The van der Waals surface area contributed by atoms with Crippen LogP contribution in [-0.4, -0.2) is 59.9 Å². The van der Waals surface area contributed by atoms with Crippen LogP contribution in [0.1, 0.15) is 48.3 Å². The molecule has 0 spiro atoms. The Morgan fingerprint density at radius 3 is 2.45 bits per heavy atom. The number of benzene rings is 3. The number of piperidine rings is 1. The Kier molecular flexibility index (Phi) is 8.51. The fourth-order valence-corrected chi connectivity index (χ4v) is 5.77. The highest BCUT2D eigenvalue weighted by atomic mass is 16.2. The maximum Gasteiger partial charge on any atom is 0.318 e. The van der Waals surface area contributed by atoms with Crippen molar-refractivity contribution in [3.8, 4) is 0 Å². The quantitative estimate of drug-likeness (QED) is 0.261. The zero-order chi connectivity index (χ0) is 28.1. The van der Waals surface area contributed by atoms with Crippen LogP contribution < -0.4 is 10.6 Å². The number of amides is 3. The lowest BCUT2D eigenvalue weighted by molar-refractivity contribution is -0.118. The summed E-state index contributed by atoms with van der Waals surface area (Å²) < 4.78 is 0. The second kappa shape index (κ2) is 12.4. The molecule has 1 aromatic heterocycles. The largest absolute Gasteiger partial charge is 0.361 e. The van der Waals surface area contributed by atoms with Crippen LogP contribution in [0.3, 0.4) is 0 Å². The Bertz CT molecular complexity index is 1440. The van der Waals surface area contributed by atoms with Crippen molar-refractivity contribution in [3.63, 3.8) is 0 Å². The number of hydrogen-bond acceptors (Lipinski definition) is 3. The topological polar surface area (TPSA) is 80.5 Å². The Morgan fingerprint density at radius 2 is 1.70 bits per heavy atom. The van der Waals surface area contributed by atoms with Gasteiger partial charge in [0.1, 0.15) is 6.04 Å². The van der Waals surface area contributed by atoms with Crippen molar-refractivity contribution < 1.29 is 9.59 Å². The second-order valence-electron chi connectivity index (χ2n) is 11.1. The van der Waals surface area contributed by atoms with Gasteiger partial charge in [-0.05, 0) is 67.7 Å². The number of para-hydroxylation sites is 1. The molecule has 2 heterocycles. The number of urea groups is 1. The zero-order valence-corrected chi connectivity index (χ0v) is 23.6. The molecular weight excluding hydrogens is 498 g/mol. The van der Waals surface area contributed by atoms with E-state index in [1.54, 1.807) is 0 Å². The van der Waals surface area contributed by atoms with Crippen LogP contribution in [0, 0.1) is 0 Å². The number of H-pyrrole nitrogens is 1. The molecule has 1 aliphatic heterocycles. The molecule has 0 saturated carbocycles. The van der Waals surface area contributed by atoms with E-state index in [9.17, 15) is 9.59 Å². The van der Waals surface area contributed by atoms with Gasteiger partial charge in [0.2, 0.25) is 5.91 Å². The van der Waals surface area contributed by atoms with Gasteiger partial charge >= 0.3 is 6.03 Å². The Hall–Kier alpha value is -4.10. The summed E-state index contributed by atoms with van der Waals surface area (Å²) in [6, 6.07) is 25.5. The summed E-state index contributed by atoms with van der Waals surface area (Å²) in [5.74, 6) is -0.0387. The number of anilines is 1. The van der Waals surface area contributed by atoms with Crippen LogP contribution >= 0.6 is 0 Å². The van der Waals surface area contributed by atoms with Crippen molar-refractivity contribution in [3.05, 3.63) is 102 Å². The third kappa shape index (κ3) is 6.37. The third-order valence-electron chi connectivity index (χ3n) is 7.92. The first-order chi connectivity index (χ1) is 19.4. The number of nitrogens with zero attached hydrogens (tertiary/aromatic N) is 2. The van der Waals surface area contributed by atoms with E-state index in [1.807, 2.05) is 86.7 Å². The highest BCUT2D eigenvalue weighted by Crippen LogP contribution is 2.30. The molecule has 1 aliphatic rings. The van der Waals surface area contributed by atoms with E-state index in [1.165, 1.54) is 5.56 Å². The van der Waals surface area contributed by atoms with Crippen molar-refractivity contribution in [1.29, 1.82) is 0 Å². The van der Waals surface area contributed by atoms with Crippen molar-refractivity contribution in [2.24, 2.45) is 0 Å². The number of carbonyl (C=O) groups is 2. The Morgan fingerprint density at radius 1 is 0.975 bits per heavy atom. The Balaban J connectivity index is 1.34. The first-order valence-electron chi connectivity index (χ1n) is 14.1. The van der Waals surface area contributed by atoms with Gasteiger partial charge in [-0.3, -0.25) is 4.79 Å². The van der Waals surface area contributed by atoms with E-state index in [4.69, 9.17) is 0 Å². The number of nitrogens with one attached hydrogen (secondary N) is 3. The maximum absolute atomic E-state index is 13.8. The van der Waals surface area contributed by atoms with Gasteiger partial charge < -0.3 is 25.4 Å². The molecular formula is C33H39N5O2. The lowest BCUT2D eigenvalue weighted by Gasteiger charge is -2.34. The summed E-state index contributed by atoms with van der Waals surface area (Å²) in [5, 5.41) is 7.25. The van der Waals surface area contributed by atoms with Crippen molar-refractivity contribution in [2.45, 2.75) is 44.2 Å². The van der Waals surface area contributed by atoms with E-state index in [0.29, 0.717) is 19.0 Å². The molecule has 3 amide bonds. The molecule has 0 aliphatic carbocycles. The lowest BCUT2D eigenvalue weighted by Crippen LogP contribution is -2.53. The molecule has 7 heteroatoms. The monoisotopic (exact) mass is 537 g/mol. The van der Waals surface area contributed by atoms with Gasteiger partial charge in [0.25, 0.3) is 0 Å². The number of hydrogen-bond donors (Lipinski definition) is 3. The van der Waals surface area contributed by atoms with Crippen LogP contribution in [0.25, 0.3) is 10.9 Å². The first-order valence-corrected chi connectivity index (χ1v) is 14.1. The SMILES string of the molecule is C[C@@H](c1c[nH]c2ccccc12)[C@@H](NC(=O)N1CCC(c2ccccc2)CC1)C(=O)Nc1cccc(CN(C)C)c1. The molecule has 2 atom stereocenters. The molecule has 0 radical (unpaired) electrons. The smallest absolute Gasteiger partial charge is 0.318 e. The van der Waals surface area contributed by atoms with E-state index in [-0.39, 0.29) is 17.9 Å². The van der Waals surface area contributed by atoms with Crippen LogP contribution in [-0.2, 0) is 11.3 Å². The molecule has 40 heavy (non-hydrogen) atoms. The van der Waals surface area contributed by atoms with Crippen molar-refractivity contribution in [2.75, 3.05) is 32.5 Å². The van der Waals surface area contributed by atoms with Gasteiger partial charge in [0, 0.05) is 48.3 Å².